The Morgan fingerprint density at radius 3 is 0.983 bits per heavy atom. The molecule has 0 bridgehead atoms. The summed E-state index contributed by atoms with van der Waals surface area (Å²) in [4.78, 5) is 0. The maximum Gasteiger partial charge on any atom is 0.179 e. The molecule has 0 spiro atoms. The molecule has 0 aromatic heterocycles. The Morgan fingerprint density at radius 2 is 0.542 bits per heavy atom. The van der Waals surface area contributed by atoms with Crippen molar-refractivity contribution in [3.8, 4) is 22.3 Å². The molecule has 0 fully saturated rings. The van der Waals surface area contributed by atoms with Crippen LogP contribution in [0.4, 0.5) is 0 Å². The van der Waals surface area contributed by atoms with Crippen LogP contribution in [0.3, 0.4) is 0 Å². The third-order valence-electron chi connectivity index (χ3n) is 12.9. The van der Waals surface area contributed by atoms with Gasteiger partial charge in [0, 0.05) is 0 Å². The van der Waals surface area contributed by atoms with E-state index in [1.54, 1.807) is 0 Å². The summed E-state index contributed by atoms with van der Waals surface area (Å²) in [7, 11) is -2.58. The highest BCUT2D eigenvalue weighted by atomic mass is 28.3. The lowest BCUT2D eigenvalue weighted by molar-refractivity contribution is 1.61. The fraction of sp³-hybridized carbons (Fsp3) is 0. The molecule has 1 heteroatoms. The quantitative estimate of drug-likeness (QED) is 0.0899. The van der Waals surface area contributed by atoms with Gasteiger partial charge in [-0.2, -0.15) is 0 Å². The average molecular weight is 763 g/mol. The third kappa shape index (κ3) is 5.15. The van der Waals surface area contributed by atoms with Gasteiger partial charge in [0.1, 0.15) is 0 Å². The molecule has 274 valence electrons. The molecular weight excluding hydrogens is 725 g/mol. The van der Waals surface area contributed by atoms with Gasteiger partial charge < -0.3 is 0 Å². The monoisotopic (exact) mass is 762 g/mol. The van der Waals surface area contributed by atoms with Crippen LogP contribution in [0.2, 0.25) is 0 Å². The minimum atomic E-state index is -2.58. The lowest BCUT2D eigenvalue weighted by Gasteiger charge is -2.34. The van der Waals surface area contributed by atoms with Gasteiger partial charge in [-0.15, -0.1) is 0 Å². The van der Waals surface area contributed by atoms with Gasteiger partial charge >= 0.3 is 0 Å². The average Bonchev–Trinajstić information content (AvgIpc) is 3.31. The molecule has 0 unspecified atom stereocenters. The second-order valence-corrected chi connectivity index (χ2v) is 19.8. The molecule has 0 N–H and O–H groups in total. The fourth-order valence-electron chi connectivity index (χ4n) is 10.3. The van der Waals surface area contributed by atoms with Crippen LogP contribution in [-0.2, 0) is 0 Å². The number of hydrogen-bond acceptors (Lipinski definition) is 0. The Bertz CT molecular complexity index is 3400. The predicted octanol–water partition coefficient (Wildman–Crippen LogP) is 12.8. The van der Waals surface area contributed by atoms with E-state index >= 15 is 0 Å². The van der Waals surface area contributed by atoms with E-state index in [1.165, 1.54) is 108 Å². The first-order chi connectivity index (χ1) is 29.3. The summed E-state index contributed by atoms with van der Waals surface area (Å²) in [5.74, 6) is 0. The van der Waals surface area contributed by atoms with Crippen LogP contribution in [0.5, 0.6) is 0 Å². The Balaban J connectivity index is 1.01. The first kappa shape index (κ1) is 33.8. The molecular formula is C58H38Si. The van der Waals surface area contributed by atoms with Gasteiger partial charge in [0.15, 0.2) is 8.07 Å². The molecule has 0 saturated heterocycles. The molecule has 0 nitrogen and oxygen atoms in total. The van der Waals surface area contributed by atoms with Gasteiger partial charge in [0.05, 0.1) is 0 Å². The molecule has 0 radical (unpaired) electrons. The zero-order valence-corrected chi connectivity index (χ0v) is 33.4. The van der Waals surface area contributed by atoms with Crippen LogP contribution in [0.1, 0.15) is 0 Å². The maximum absolute atomic E-state index is 2.58. The molecule has 0 aliphatic carbocycles. The highest BCUT2D eigenvalue weighted by molar-refractivity contribution is 7.19. The first-order valence-electron chi connectivity index (χ1n) is 20.6. The molecule has 12 aromatic rings. The Kier molecular flexibility index (Phi) is 7.66. The molecule has 0 aliphatic rings. The van der Waals surface area contributed by atoms with E-state index < -0.39 is 8.07 Å². The summed E-state index contributed by atoms with van der Waals surface area (Å²) in [5, 5.41) is 21.2. The first-order valence-corrected chi connectivity index (χ1v) is 22.6. The lowest BCUT2D eigenvalue weighted by atomic mass is 9.86. The Labute approximate surface area is 344 Å². The Hall–Kier alpha value is -7.32. The summed E-state index contributed by atoms with van der Waals surface area (Å²) in [5.41, 5.74) is 4.88. The van der Waals surface area contributed by atoms with Crippen LogP contribution in [0.25, 0.3) is 86.9 Å². The minimum Gasteiger partial charge on any atom is -0.0623 e. The normalized spacial score (nSPS) is 12.1. The summed E-state index contributed by atoms with van der Waals surface area (Å²) < 4.78 is 0. The van der Waals surface area contributed by atoms with E-state index in [2.05, 4.69) is 231 Å². The van der Waals surface area contributed by atoms with Gasteiger partial charge in [0.25, 0.3) is 0 Å². The van der Waals surface area contributed by atoms with E-state index in [4.69, 9.17) is 0 Å². The number of benzene rings is 11. The fourth-order valence-corrected chi connectivity index (χ4v) is 15.0. The van der Waals surface area contributed by atoms with Crippen LogP contribution in [0.15, 0.2) is 231 Å². The van der Waals surface area contributed by atoms with Crippen LogP contribution >= 0.6 is 0 Å². The van der Waals surface area contributed by atoms with Gasteiger partial charge in [-0.25, -0.2) is 0 Å². The molecule has 0 saturated carbocycles. The SMILES string of the molecule is c1ccc([Si](c2ccccc2)(c2ccccc2)c2ccc(-c3ccc(-c4cc5ccc6cccc7c8cccc9ccc%10cccc(c(c4)c5c67)c%10c98)cc3)cc2)cc1. The van der Waals surface area contributed by atoms with Gasteiger partial charge in [-0.3, -0.25) is 0 Å². The van der Waals surface area contributed by atoms with Crippen molar-refractivity contribution in [3.63, 3.8) is 0 Å². The van der Waals surface area contributed by atoms with Crippen molar-refractivity contribution >= 4 is 93.5 Å². The highest BCUT2D eigenvalue weighted by Gasteiger charge is 2.41. The molecule has 0 heterocycles. The standard InChI is InChI=1S/C58H38Si/c1-4-16-47(17-5-1)59(48-18-6-2-7-19-48,49-20-8-3-9-21-49)50-35-33-40(34-36-50)39-25-27-41(28-26-39)46-37-45-32-31-44-14-11-23-52-51-22-10-13-42-29-30-43-15-12-24-53(57(43)55(42)51)54(38-46)58(45)56(44)52/h1-38H. The smallest absolute Gasteiger partial charge is 0.0623 e. The van der Waals surface area contributed by atoms with E-state index in [-0.39, 0.29) is 0 Å². The van der Waals surface area contributed by atoms with Crippen molar-refractivity contribution < 1.29 is 0 Å². The van der Waals surface area contributed by atoms with Crippen LogP contribution in [0, 0.1) is 0 Å². The van der Waals surface area contributed by atoms with E-state index in [0.717, 1.165) is 0 Å². The topological polar surface area (TPSA) is 0 Å². The second-order valence-electron chi connectivity index (χ2n) is 16.0. The van der Waals surface area contributed by atoms with Gasteiger partial charge in [0.2, 0.25) is 0 Å². The van der Waals surface area contributed by atoms with Crippen LogP contribution in [-0.4, -0.2) is 8.07 Å². The van der Waals surface area contributed by atoms with Crippen LogP contribution < -0.4 is 20.7 Å². The molecule has 0 amide bonds. The van der Waals surface area contributed by atoms with Crippen molar-refractivity contribution in [2.45, 2.75) is 0 Å². The van der Waals surface area contributed by atoms with Crippen molar-refractivity contribution in [3.05, 3.63) is 231 Å². The van der Waals surface area contributed by atoms with Crippen molar-refractivity contribution in [2.75, 3.05) is 0 Å². The summed E-state index contributed by atoms with van der Waals surface area (Å²) in [6.07, 6.45) is 0. The predicted molar refractivity (Wildman–Crippen MR) is 257 cm³/mol. The lowest BCUT2D eigenvalue weighted by Crippen LogP contribution is -2.74. The van der Waals surface area contributed by atoms with Crippen molar-refractivity contribution in [1.29, 1.82) is 0 Å². The summed E-state index contributed by atoms with van der Waals surface area (Å²) >= 11 is 0. The zero-order chi connectivity index (χ0) is 38.9. The molecule has 0 atom stereocenters. The maximum atomic E-state index is 2.45. The van der Waals surface area contributed by atoms with E-state index in [9.17, 15) is 0 Å². The molecule has 12 aromatic carbocycles. The largest absolute Gasteiger partial charge is 0.179 e. The summed E-state index contributed by atoms with van der Waals surface area (Å²) in [6, 6.07) is 86.5. The molecule has 59 heavy (non-hydrogen) atoms. The Morgan fingerprint density at radius 1 is 0.203 bits per heavy atom. The van der Waals surface area contributed by atoms with E-state index in [1.807, 2.05) is 0 Å². The van der Waals surface area contributed by atoms with Gasteiger partial charge in [-0.1, -0.05) is 218 Å². The third-order valence-corrected chi connectivity index (χ3v) is 17.7. The van der Waals surface area contributed by atoms with Crippen molar-refractivity contribution in [1.82, 2.24) is 0 Å². The van der Waals surface area contributed by atoms with E-state index in [0.29, 0.717) is 0 Å². The zero-order valence-electron chi connectivity index (χ0n) is 32.4. The molecule has 0 aliphatic heterocycles. The minimum absolute atomic E-state index is 1.21. The number of rotatable bonds is 6. The number of fused-ring (bicyclic) bond motifs is 2. The summed E-state index contributed by atoms with van der Waals surface area (Å²) in [6.45, 7) is 0. The highest BCUT2D eigenvalue weighted by Crippen LogP contribution is 2.44. The second kappa shape index (κ2) is 13.4. The van der Waals surface area contributed by atoms with Crippen molar-refractivity contribution in [2.24, 2.45) is 0 Å². The molecule has 12 rings (SSSR count). The number of hydrogen-bond donors (Lipinski definition) is 0. The van der Waals surface area contributed by atoms with Gasteiger partial charge in [-0.05, 0) is 120 Å².